The average molecular weight is 327 g/mol. The van der Waals surface area contributed by atoms with E-state index in [1.165, 1.54) is 31.4 Å². The monoisotopic (exact) mass is 327 g/mol. The molecular weight excluding hydrogens is 314 g/mol. The minimum atomic E-state index is -0.515. The summed E-state index contributed by atoms with van der Waals surface area (Å²) < 4.78 is 10.3. The number of carbonyl (C=O) groups excluding carboxylic acids is 1. The minimum absolute atomic E-state index is 0.0933. The van der Waals surface area contributed by atoms with Crippen LogP contribution in [0.4, 0.5) is 5.69 Å². The fourth-order valence-corrected chi connectivity index (χ4v) is 2.26. The second kappa shape index (κ2) is 6.37. The maximum atomic E-state index is 12.2. The molecule has 0 fully saturated rings. The molecule has 0 aliphatic carbocycles. The van der Waals surface area contributed by atoms with Gasteiger partial charge in [-0.25, -0.2) is 0 Å². The molecule has 1 N–H and O–H groups in total. The summed E-state index contributed by atoms with van der Waals surface area (Å²) in [5.74, 6) is 0.573. The van der Waals surface area contributed by atoms with Crippen LogP contribution >= 0.6 is 0 Å². The quantitative estimate of drug-likeness (QED) is 0.569. The van der Waals surface area contributed by atoms with Gasteiger partial charge in [0.15, 0.2) is 5.76 Å². The van der Waals surface area contributed by atoms with E-state index in [1.807, 2.05) is 0 Å². The minimum Gasteiger partial charge on any atom is -0.461 e. The Bertz CT molecular complexity index is 883. The summed E-state index contributed by atoms with van der Waals surface area (Å²) in [5, 5.41) is 17.4. The predicted octanol–water partition coefficient (Wildman–Crippen LogP) is 3.08. The number of hydrogen-bond acceptors (Lipinski definition) is 6. The van der Waals surface area contributed by atoms with Gasteiger partial charge in [-0.15, -0.1) is 0 Å². The van der Waals surface area contributed by atoms with E-state index >= 15 is 0 Å². The summed E-state index contributed by atoms with van der Waals surface area (Å²) >= 11 is 0. The van der Waals surface area contributed by atoms with Crippen LogP contribution in [0.25, 0.3) is 11.5 Å². The molecule has 0 saturated heterocycles. The number of rotatable bonds is 5. The first-order valence-corrected chi connectivity index (χ1v) is 7.08. The summed E-state index contributed by atoms with van der Waals surface area (Å²) in [6, 6.07) is 9.48. The summed E-state index contributed by atoms with van der Waals surface area (Å²) in [5.41, 5.74) is 0.984. The molecule has 3 rings (SSSR count). The van der Waals surface area contributed by atoms with Gasteiger partial charge in [0, 0.05) is 23.3 Å². The van der Waals surface area contributed by atoms with Gasteiger partial charge >= 0.3 is 0 Å². The molecule has 1 aromatic carbocycles. The summed E-state index contributed by atoms with van der Waals surface area (Å²) in [6.07, 6.45) is 1.52. The highest BCUT2D eigenvalue weighted by Gasteiger charge is 2.18. The second-order valence-corrected chi connectivity index (χ2v) is 5.05. The van der Waals surface area contributed by atoms with Gasteiger partial charge in [-0.1, -0.05) is 11.2 Å². The molecule has 0 saturated carbocycles. The summed E-state index contributed by atoms with van der Waals surface area (Å²) in [4.78, 5) is 22.7. The fourth-order valence-electron chi connectivity index (χ4n) is 2.26. The smallest absolute Gasteiger partial charge is 0.273 e. The molecule has 0 spiro atoms. The molecule has 0 aliphatic heterocycles. The lowest BCUT2D eigenvalue weighted by Gasteiger charge is -2.06. The van der Waals surface area contributed by atoms with Crippen molar-refractivity contribution in [3.63, 3.8) is 0 Å². The van der Waals surface area contributed by atoms with E-state index in [9.17, 15) is 14.9 Å². The lowest BCUT2D eigenvalue weighted by atomic mass is 10.1. The normalized spacial score (nSPS) is 10.5. The van der Waals surface area contributed by atoms with Crippen LogP contribution in [0.3, 0.4) is 0 Å². The van der Waals surface area contributed by atoms with Crippen LogP contribution in [-0.2, 0) is 6.54 Å². The average Bonchev–Trinajstić information content (AvgIpc) is 3.23. The molecule has 0 bridgehead atoms. The molecule has 2 aromatic heterocycles. The van der Waals surface area contributed by atoms with Crippen molar-refractivity contribution in [3.8, 4) is 11.5 Å². The maximum Gasteiger partial charge on any atom is 0.273 e. The maximum absolute atomic E-state index is 12.2. The number of carbonyl (C=O) groups is 1. The van der Waals surface area contributed by atoms with Gasteiger partial charge in [0.05, 0.1) is 17.7 Å². The molecule has 3 aromatic rings. The van der Waals surface area contributed by atoms with Crippen molar-refractivity contribution in [2.45, 2.75) is 13.5 Å². The molecule has 24 heavy (non-hydrogen) atoms. The van der Waals surface area contributed by atoms with Crippen molar-refractivity contribution in [3.05, 3.63) is 69.6 Å². The van der Waals surface area contributed by atoms with E-state index in [0.717, 1.165) is 0 Å². The third kappa shape index (κ3) is 3.02. The van der Waals surface area contributed by atoms with Crippen LogP contribution in [0.1, 0.15) is 21.6 Å². The van der Waals surface area contributed by atoms with Crippen LogP contribution in [0.15, 0.2) is 51.6 Å². The number of furan rings is 1. The van der Waals surface area contributed by atoms with Crippen LogP contribution in [0.2, 0.25) is 0 Å². The van der Waals surface area contributed by atoms with Gasteiger partial charge in [0.2, 0.25) is 5.76 Å². The van der Waals surface area contributed by atoms with Crippen molar-refractivity contribution in [1.82, 2.24) is 10.5 Å². The number of nitro benzene ring substituents is 1. The van der Waals surface area contributed by atoms with E-state index in [4.69, 9.17) is 8.94 Å². The molecule has 8 nitrogen and oxygen atoms in total. The predicted molar refractivity (Wildman–Crippen MR) is 83.2 cm³/mol. The third-order valence-corrected chi connectivity index (χ3v) is 3.50. The highest BCUT2D eigenvalue weighted by atomic mass is 16.6. The van der Waals surface area contributed by atoms with Crippen molar-refractivity contribution >= 4 is 11.6 Å². The molecule has 1 amide bonds. The van der Waals surface area contributed by atoms with Gasteiger partial charge in [0.1, 0.15) is 5.69 Å². The third-order valence-electron chi connectivity index (χ3n) is 3.50. The van der Waals surface area contributed by atoms with Gasteiger partial charge in [-0.3, -0.25) is 14.9 Å². The number of aromatic nitrogens is 1. The molecule has 8 heteroatoms. The highest BCUT2D eigenvalue weighted by molar-refractivity contribution is 5.96. The lowest BCUT2D eigenvalue weighted by Crippen LogP contribution is -2.24. The van der Waals surface area contributed by atoms with Gasteiger partial charge in [-0.05, 0) is 25.1 Å². The van der Waals surface area contributed by atoms with Crippen LogP contribution < -0.4 is 5.32 Å². The first-order valence-electron chi connectivity index (χ1n) is 7.08. The SMILES string of the molecule is Cc1c(C(=O)NCc2cc(-c3ccco3)on2)cccc1[N+](=O)[O-]. The topological polar surface area (TPSA) is 111 Å². The first-order chi connectivity index (χ1) is 11.6. The van der Waals surface area contributed by atoms with Gasteiger partial charge < -0.3 is 14.3 Å². The molecular formula is C16H13N3O5. The fraction of sp³-hybridized carbons (Fsp3) is 0.125. The Morgan fingerprint density at radius 1 is 1.29 bits per heavy atom. The van der Waals surface area contributed by atoms with E-state index in [-0.39, 0.29) is 17.8 Å². The molecule has 122 valence electrons. The highest BCUT2D eigenvalue weighted by Crippen LogP contribution is 2.22. The zero-order valence-corrected chi connectivity index (χ0v) is 12.7. The number of nitro groups is 1. The zero-order valence-electron chi connectivity index (χ0n) is 12.7. The van der Waals surface area contributed by atoms with E-state index in [2.05, 4.69) is 10.5 Å². The van der Waals surface area contributed by atoms with Crippen molar-refractivity contribution < 1.29 is 18.7 Å². The van der Waals surface area contributed by atoms with Crippen LogP contribution in [0.5, 0.6) is 0 Å². The van der Waals surface area contributed by atoms with Gasteiger partial charge in [-0.2, -0.15) is 0 Å². The lowest BCUT2D eigenvalue weighted by molar-refractivity contribution is -0.385. The Kier molecular flexibility index (Phi) is 4.11. The zero-order chi connectivity index (χ0) is 17.1. The Labute approximate surface area is 136 Å². The number of amides is 1. The van der Waals surface area contributed by atoms with Crippen molar-refractivity contribution in [2.24, 2.45) is 0 Å². The second-order valence-electron chi connectivity index (χ2n) is 5.05. The Morgan fingerprint density at radius 3 is 2.83 bits per heavy atom. The van der Waals surface area contributed by atoms with E-state index in [1.54, 1.807) is 18.2 Å². The Balaban J connectivity index is 1.70. The number of nitrogens with one attached hydrogen (secondary N) is 1. The first kappa shape index (κ1) is 15.5. The van der Waals surface area contributed by atoms with E-state index < -0.39 is 10.8 Å². The molecule has 0 unspecified atom stereocenters. The Morgan fingerprint density at radius 2 is 2.12 bits per heavy atom. The molecule has 0 radical (unpaired) electrons. The molecule has 0 atom stereocenters. The van der Waals surface area contributed by atoms with E-state index in [0.29, 0.717) is 22.8 Å². The Hall–Kier alpha value is -3.42. The molecule has 2 heterocycles. The standard InChI is InChI=1S/C16H13N3O5/c1-10-12(4-2-5-13(10)19(21)22)16(20)17-9-11-8-15(24-18-11)14-6-3-7-23-14/h2-8H,9H2,1H3,(H,17,20). The number of hydrogen-bond donors (Lipinski definition) is 1. The number of benzene rings is 1. The van der Waals surface area contributed by atoms with Crippen LogP contribution in [-0.4, -0.2) is 16.0 Å². The van der Waals surface area contributed by atoms with Crippen molar-refractivity contribution in [1.29, 1.82) is 0 Å². The summed E-state index contributed by atoms with van der Waals surface area (Å²) in [6.45, 7) is 1.67. The number of nitrogens with zero attached hydrogens (tertiary/aromatic N) is 2. The van der Waals surface area contributed by atoms with Crippen molar-refractivity contribution in [2.75, 3.05) is 0 Å². The van der Waals surface area contributed by atoms with Gasteiger partial charge in [0.25, 0.3) is 11.6 Å². The van der Waals surface area contributed by atoms with Crippen LogP contribution in [0, 0.1) is 17.0 Å². The largest absolute Gasteiger partial charge is 0.461 e. The summed E-state index contributed by atoms with van der Waals surface area (Å²) in [7, 11) is 0. The molecule has 0 aliphatic rings.